The number of thiophene rings is 3. The van der Waals surface area contributed by atoms with Crippen LogP contribution >= 0.6 is 34.0 Å². The fourth-order valence-electron chi connectivity index (χ4n) is 1.96. The lowest BCUT2D eigenvalue weighted by Gasteiger charge is -1.86. The first-order valence-corrected chi connectivity index (χ1v) is 9.23. The Bertz CT molecular complexity index is 716. The van der Waals surface area contributed by atoms with Gasteiger partial charge in [0.2, 0.25) is 0 Å². The van der Waals surface area contributed by atoms with Crippen LogP contribution in [0.4, 0.5) is 0 Å². The molecule has 3 heterocycles. The predicted octanol–water partition coefficient (Wildman–Crippen LogP) is 6.83. The minimum absolute atomic E-state index is 1.29. The van der Waals surface area contributed by atoms with Gasteiger partial charge in [-0.2, -0.15) is 0 Å². The van der Waals surface area contributed by atoms with E-state index in [4.69, 9.17) is 0 Å². The van der Waals surface area contributed by atoms with Gasteiger partial charge in [-0.3, -0.25) is 0 Å². The van der Waals surface area contributed by atoms with E-state index in [1.807, 2.05) is 34.0 Å². The molecule has 21 heavy (non-hydrogen) atoms. The summed E-state index contributed by atoms with van der Waals surface area (Å²) in [4.78, 5) is 7.93. The van der Waals surface area contributed by atoms with Crippen molar-refractivity contribution in [3.8, 4) is 0 Å². The van der Waals surface area contributed by atoms with Gasteiger partial charge in [-0.1, -0.05) is 0 Å². The zero-order valence-corrected chi connectivity index (χ0v) is 14.4. The highest BCUT2D eigenvalue weighted by Crippen LogP contribution is 2.24. The number of hydrogen-bond acceptors (Lipinski definition) is 3. The van der Waals surface area contributed by atoms with Crippen molar-refractivity contribution in [2.24, 2.45) is 0 Å². The summed E-state index contributed by atoms with van der Waals surface area (Å²) in [5.41, 5.74) is 0. The van der Waals surface area contributed by atoms with Crippen LogP contribution in [-0.2, 0) is 0 Å². The van der Waals surface area contributed by atoms with E-state index in [2.05, 4.69) is 74.5 Å². The predicted molar refractivity (Wildman–Crippen MR) is 100 cm³/mol. The molecule has 0 spiro atoms. The van der Waals surface area contributed by atoms with E-state index in [9.17, 15) is 0 Å². The van der Waals surface area contributed by atoms with Gasteiger partial charge in [0.05, 0.1) is 0 Å². The van der Waals surface area contributed by atoms with Crippen LogP contribution in [0, 0.1) is 13.8 Å². The molecule has 0 N–H and O–H groups in total. The summed E-state index contributed by atoms with van der Waals surface area (Å²) >= 11 is 5.48. The summed E-state index contributed by atoms with van der Waals surface area (Å²) in [7, 11) is 0. The van der Waals surface area contributed by atoms with Crippen LogP contribution in [0.3, 0.4) is 0 Å². The van der Waals surface area contributed by atoms with Gasteiger partial charge in [-0.15, -0.1) is 34.0 Å². The van der Waals surface area contributed by atoms with E-state index in [1.54, 1.807) is 0 Å². The maximum absolute atomic E-state index is 2.20. The molecule has 0 aliphatic rings. The molecule has 0 bridgehead atoms. The number of hydrogen-bond donors (Lipinski definition) is 0. The highest BCUT2D eigenvalue weighted by Gasteiger charge is 1.96. The van der Waals surface area contributed by atoms with Gasteiger partial charge in [-0.25, -0.2) is 0 Å². The minimum Gasteiger partial charge on any atom is -0.141 e. The van der Waals surface area contributed by atoms with E-state index < -0.39 is 0 Å². The fourth-order valence-corrected chi connectivity index (χ4v) is 4.34. The molecule has 0 aromatic carbocycles. The van der Waals surface area contributed by atoms with Crippen molar-refractivity contribution in [3.63, 3.8) is 0 Å². The van der Waals surface area contributed by atoms with Crippen molar-refractivity contribution in [3.05, 3.63) is 65.7 Å². The molecule has 3 rings (SSSR count). The topological polar surface area (TPSA) is 0 Å². The Labute approximate surface area is 137 Å². The van der Waals surface area contributed by atoms with Crippen molar-refractivity contribution >= 4 is 58.3 Å². The quantitative estimate of drug-likeness (QED) is 0.492. The molecule has 0 aliphatic heterocycles. The summed E-state index contributed by atoms with van der Waals surface area (Å²) in [6.45, 7) is 4.28. The summed E-state index contributed by atoms with van der Waals surface area (Å²) < 4.78 is 0. The third kappa shape index (κ3) is 4.03. The lowest BCUT2D eigenvalue weighted by Crippen LogP contribution is -1.58. The number of rotatable bonds is 4. The fraction of sp³-hybridized carbons (Fsp3) is 0.111. The molecule has 3 aromatic heterocycles. The molecule has 0 aliphatic carbocycles. The van der Waals surface area contributed by atoms with Crippen LogP contribution < -0.4 is 0 Å². The zero-order valence-electron chi connectivity index (χ0n) is 12.0. The highest BCUT2D eigenvalue weighted by molar-refractivity contribution is 7.14. The monoisotopic (exact) mass is 328 g/mol. The Morgan fingerprint density at radius 2 is 0.857 bits per heavy atom. The standard InChI is InChI=1S/C18H16S3/c1-13-3-5-15(19-13)7-9-17-11-12-18(21-17)10-8-16-6-4-14(2)20-16/h3-12H,1-2H3/b9-7+,10-8+. The van der Waals surface area contributed by atoms with Crippen LogP contribution in [0.1, 0.15) is 29.3 Å². The van der Waals surface area contributed by atoms with Crippen LogP contribution in [-0.4, -0.2) is 0 Å². The second-order valence-corrected chi connectivity index (χ2v) is 8.59. The van der Waals surface area contributed by atoms with E-state index in [1.165, 1.54) is 29.3 Å². The Morgan fingerprint density at radius 3 is 1.19 bits per heavy atom. The van der Waals surface area contributed by atoms with Crippen molar-refractivity contribution in [1.82, 2.24) is 0 Å². The molecule has 0 nitrogen and oxygen atoms in total. The first-order valence-electron chi connectivity index (χ1n) is 6.78. The van der Waals surface area contributed by atoms with E-state index in [0.29, 0.717) is 0 Å². The van der Waals surface area contributed by atoms with E-state index in [-0.39, 0.29) is 0 Å². The van der Waals surface area contributed by atoms with Crippen molar-refractivity contribution in [2.75, 3.05) is 0 Å². The average molecular weight is 329 g/mol. The SMILES string of the molecule is Cc1ccc(/C=C/c2ccc(/C=C/c3ccc(C)s3)s2)s1. The first kappa shape index (κ1) is 14.5. The van der Waals surface area contributed by atoms with Crippen LogP contribution in [0.5, 0.6) is 0 Å². The van der Waals surface area contributed by atoms with Crippen molar-refractivity contribution in [2.45, 2.75) is 13.8 Å². The van der Waals surface area contributed by atoms with Crippen LogP contribution in [0.2, 0.25) is 0 Å². The molecule has 3 aromatic rings. The molecular formula is C18H16S3. The molecular weight excluding hydrogens is 312 g/mol. The van der Waals surface area contributed by atoms with Crippen LogP contribution in [0.25, 0.3) is 24.3 Å². The van der Waals surface area contributed by atoms with Crippen molar-refractivity contribution in [1.29, 1.82) is 0 Å². The Balaban J connectivity index is 1.68. The van der Waals surface area contributed by atoms with Gasteiger partial charge in [-0.05, 0) is 74.5 Å². The van der Waals surface area contributed by atoms with Crippen LogP contribution in [0.15, 0.2) is 36.4 Å². The maximum Gasteiger partial charge on any atom is 0.0277 e. The third-order valence-electron chi connectivity index (χ3n) is 2.99. The summed E-state index contributed by atoms with van der Waals surface area (Å²) in [5, 5.41) is 0. The lowest BCUT2D eigenvalue weighted by molar-refractivity contribution is 1.64. The van der Waals surface area contributed by atoms with E-state index >= 15 is 0 Å². The lowest BCUT2D eigenvalue weighted by atomic mass is 10.3. The maximum atomic E-state index is 2.20. The average Bonchev–Trinajstić information content (AvgIpc) is 3.16. The normalized spacial score (nSPS) is 11.9. The van der Waals surface area contributed by atoms with Gasteiger partial charge in [0.15, 0.2) is 0 Å². The molecule has 0 unspecified atom stereocenters. The highest BCUT2D eigenvalue weighted by atomic mass is 32.1. The minimum atomic E-state index is 1.29. The molecule has 0 saturated heterocycles. The Morgan fingerprint density at radius 1 is 0.524 bits per heavy atom. The molecule has 0 atom stereocenters. The molecule has 0 saturated carbocycles. The summed E-state index contributed by atoms with van der Waals surface area (Å²) in [5.74, 6) is 0. The van der Waals surface area contributed by atoms with Gasteiger partial charge in [0.1, 0.15) is 0 Å². The smallest absolute Gasteiger partial charge is 0.0277 e. The molecule has 3 heteroatoms. The van der Waals surface area contributed by atoms with Gasteiger partial charge < -0.3 is 0 Å². The Kier molecular flexibility index (Phi) is 4.54. The summed E-state index contributed by atoms with van der Waals surface area (Å²) in [6, 6.07) is 13.0. The van der Waals surface area contributed by atoms with Gasteiger partial charge >= 0.3 is 0 Å². The van der Waals surface area contributed by atoms with E-state index in [0.717, 1.165) is 0 Å². The first-order chi connectivity index (χ1) is 10.2. The second kappa shape index (κ2) is 6.56. The molecule has 0 fully saturated rings. The van der Waals surface area contributed by atoms with Gasteiger partial charge in [0, 0.05) is 29.3 Å². The summed E-state index contributed by atoms with van der Waals surface area (Å²) in [6.07, 6.45) is 8.78. The second-order valence-electron chi connectivity index (χ2n) is 4.80. The third-order valence-corrected chi connectivity index (χ3v) is 5.94. The van der Waals surface area contributed by atoms with Gasteiger partial charge in [0.25, 0.3) is 0 Å². The molecule has 0 radical (unpaired) electrons. The molecule has 106 valence electrons. The molecule has 0 amide bonds. The zero-order chi connectivity index (χ0) is 14.7. The largest absolute Gasteiger partial charge is 0.141 e. The van der Waals surface area contributed by atoms with Crippen molar-refractivity contribution < 1.29 is 0 Å². The Hall–Kier alpha value is -1.42. The number of aryl methyl sites for hydroxylation is 2.